The van der Waals surface area contributed by atoms with Gasteiger partial charge in [0.05, 0.1) is 6.61 Å². The van der Waals surface area contributed by atoms with Gasteiger partial charge in [-0.05, 0) is 44.2 Å². The van der Waals surface area contributed by atoms with E-state index in [-0.39, 0.29) is 18.2 Å². The number of nitrogens with one attached hydrogen (secondary N) is 1. The number of aliphatic hydroxyl groups excluding tert-OH is 1. The van der Waals surface area contributed by atoms with E-state index >= 15 is 0 Å². The lowest BCUT2D eigenvalue weighted by Crippen LogP contribution is -2.48. The van der Waals surface area contributed by atoms with Gasteiger partial charge in [-0.1, -0.05) is 18.2 Å². The van der Waals surface area contributed by atoms with E-state index in [0.717, 1.165) is 25.0 Å². The lowest BCUT2D eigenvalue weighted by Gasteiger charge is -2.28. The summed E-state index contributed by atoms with van der Waals surface area (Å²) < 4.78 is 6.11. The highest BCUT2D eigenvalue weighted by molar-refractivity contribution is 5.32. The standard InChI is InChI=1S/C16H23NO2/c1-12-4-2-3-5-15(12)19-14-8-9-16(10-14,11-18)17-13-6-7-13/h2-5,13-14,17-18H,6-11H2,1H3. The van der Waals surface area contributed by atoms with Crippen LogP contribution in [-0.2, 0) is 0 Å². The zero-order chi connectivity index (χ0) is 13.3. The van der Waals surface area contributed by atoms with Crippen molar-refractivity contribution in [3.8, 4) is 5.75 Å². The summed E-state index contributed by atoms with van der Waals surface area (Å²) in [6.45, 7) is 2.29. The zero-order valence-electron chi connectivity index (χ0n) is 11.6. The van der Waals surface area contributed by atoms with Crippen molar-refractivity contribution in [2.24, 2.45) is 0 Å². The van der Waals surface area contributed by atoms with Gasteiger partial charge in [-0.25, -0.2) is 0 Å². The van der Waals surface area contributed by atoms with Crippen LogP contribution in [0.1, 0.15) is 37.7 Å². The van der Waals surface area contributed by atoms with Crippen LogP contribution >= 0.6 is 0 Å². The molecule has 2 aliphatic carbocycles. The van der Waals surface area contributed by atoms with Gasteiger partial charge in [-0.15, -0.1) is 0 Å². The number of aliphatic hydroxyl groups is 1. The molecule has 0 heterocycles. The third-order valence-electron chi connectivity index (χ3n) is 4.34. The molecule has 0 aromatic heterocycles. The van der Waals surface area contributed by atoms with Gasteiger partial charge in [-0.3, -0.25) is 0 Å². The van der Waals surface area contributed by atoms with Gasteiger partial charge in [0.15, 0.2) is 0 Å². The normalized spacial score (nSPS) is 30.5. The maximum atomic E-state index is 9.71. The van der Waals surface area contributed by atoms with Crippen molar-refractivity contribution < 1.29 is 9.84 Å². The number of rotatable bonds is 5. The summed E-state index contributed by atoms with van der Waals surface area (Å²) >= 11 is 0. The van der Waals surface area contributed by atoms with Gasteiger partial charge in [0.25, 0.3) is 0 Å². The SMILES string of the molecule is Cc1ccccc1OC1CCC(CO)(NC2CC2)C1. The van der Waals surface area contributed by atoms with Gasteiger partial charge in [0.2, 0.25) is 0 Å². The number of hydrogen-bond donors (Lipinski definition) is 2. The second kappa shape index (κ2) is 5.14. The predicted molar refractivity (Wildman–Crippen MR) is 75.4 cm³/mol. The highest BCUT2D eigenvalue weighted by Gasteiger charge is 2.42. The first-order valence-electron chi connectivity index (χ1n) is 7.32. The average molecular weight is 261 g/mol. The number of hydrogen-bond acceptors (Lipinski definition) is 3. The molecule has 2 atom stereocenters. The van der Waals surface area contributed by atoms with Crippen LogP contribution in [0, 0.1) is 6.92 Å². The van der Waals surface area contributed by atoms with Crippen molar-refractivity contribution >= 4 is 0 Å². The monoisotopic (exact) mass is 261 g/mol. The first-order chi connectivity index (χ1) is 9.21. The van der Waals surface area contributed by atoms with Gasteiger partial charge < -0.3 is 15.2 Å². The molecule has 1 aromatic rings. The van der Waals surface area contributed by atoms with Gasteiger partial charge in [0.1, 0.15) is 11.9 Å². The van der Waals surface area contributed by atoms with Crippen LogP contribution in [0.2, 0.25) is 0 Å². The predicted octanol–water partition coefficient (Wildman–Crippen LogP) is 2.41. The molecule has 2 fully saturated rings. The quantitative estimate of drug-likeness (QED) is 0.855. The van der Waals surface area contributed by atoms with Crippen molar-refractivity contribution in [3.05, 3.63) is 29.8 Å². The maximum Gasteiger partial charge on any atom is 0.122 e. The Kier molecular flexibility index (Phi) is 3.50. The lowest BCUT2D eigenvalue weighted by molar-refractivity contribution is 0.138. The Morgan fingerprint density at radius 1 is 1.32 bits per heavy atom. The molecule has 2 saturated carbocycles. The summed E-state index contributed by atoms with van der Waals surface area (Å²) in [5.74, 6) is 0.979. The molecule has 0 aliphatic heterocycles. The average Bonchev–Trinajstić information content (AvgIpc) is 3.13. The molecule has 3 heteroatoms. The van der Waals surface area contributed by atoms with Crippen molar-refractivity contribution in [1.29, 1.82) is 0 Å². The Bertz CT molecular complexity index is 444. The Balaban J connectivity index is 1.63. The number of ether oxygens (including phenoxy) is 1. The summed E-state index contributed by atoms with van der Waals surface area (Å²) in [5, 5.41) is 13.3. The van der Waals surface area contributed by atoms with Crippen molar-refractivity contribution in [3.63, 3.8) is 0 Å². The molecule has 2 N–H and O–H groups in total. The first kappa shape index (κ1) is 12.9. The third-order valence-corrected chi connectivity index (χ3v) is 4.34. The van der Waals surface area contributed by atoms with E-state index in [1.807, 2.05) is 18.2 Å². The molecule has 19 heavy (non-hydrogen) atoms. The molecule has 0 spiro atoms. The Labute approximate surface area is 115 Å². The van der Waals surface area contributed by atoms with E-state index < -0.39 is 0 Å². The topological polar surface area (TPSA) is 41.5 Å². The molecule has 0 bridgehead atoms. The third kappa shape index (κ3) is 2.93. The molecule has 1 aromatic carbocycles. The molecular weight excluding hydrogens is 238 g/mol. The smallest absolute Gasteiger partial charge is 0.122 e. The largest absolute Gasteiger partial charge is 0.490 e. The molecule has 0 amide bonds. The highest BCUT2D eigenvalue weighted by atomic mass is 16.5. The van der Waals surface area contributed by atoms with Crippen LogP contribution in [0.3, 0.4) is 0 Å². The summed E-state index contributed by atoms with van der Waals surface area (Å²) in [4.78, 5) is 0. The minimum atomic E-state index is -0.103. The molecule has 0 radical (unpaired) electrons. The second-order valence-electron chi connectivity index (χ2n) is 6.11. The van der Waals surface area contributed by atoms with E-state index in [4.69, 9.17) is 4.74 Å². The summed E-state index contributed by atoms with van der Waals surface area (Å²) in [6, 6.07) is 8.78. The van der Waals surface area contributed by atoms with Crippen LogP contribution in [0.5, 0.6) is 5.75 Å². The fourth-order valence-corrected chi connectivity index (χ4v) is 3.03. The summed E-state index contributed by atoms with van der Waals surface area (Å²) in [7, 11) is 0. The number of benzene rings is 1. The van der Waals surface area contributed by atoms with Crippen LogP contribution in [0.15, 0.2) is 24.3 Å². The van der Waals surface area contributed by atoms with Crippen molar-refractivity contribution in [2.75, 3.05) is 6.61 Å². The van der Waals surface area contributed by atoms with Crippen molar-refractivity contribution in [2.45, 2.75) is 56.7 Å². The minimum Gasteiger partial charge on any atom is -0.490 e. The first-order valence-corrected chi connectivity index (χ1v) is 7.32. The Morgan fingerprint density at radius 3 is 2.79 bits per heavy atom. The van der Waals surface area contributed by atoms with Gasteiger partial charge in [-0.2, -0.15) is 0 Å². The fourth-order valence-electron chi connectivity index (χ4n) is 3.03. The van der Waals surface area contributed by atoms with E-state index in [1.165, 1.54) is 18.4 Å². The molecular formula is C16H23NO2. The number of aryl methyl sites for hydroxylation is 1. The van der Waals surface area contributed by atoms with Crippen LogP contribution in [0.4, 0.5) is 0 Å². The van der Waals surface area contributed by atoms with Gasteiger partial charge >= 0.3 is 0 Å². The maximum absolute atomic E-state index is 9.71. The van der Waals surface area contributed by atoms with Gasteiger partial charge in [0, 0.05) is 18.0 Å². The minimum absolute atomic E-state index is 0.103. The molecule has 3 rings (SSSR count). The van der Waals surface area contributed by atoms with E-state index in [9.17, 15) is 5.11 Å². The van der Waals surface area contributed by atoms with E-state index in [2.05, 4.69) is 18.3 Å². The molecule has 2 aliphatic rings. The lowest BCUT2D eigenvalue weighted by atomic mass is 9.98. The van der Waals surface area contributed by atoms with E-state index in [1.54, 1.807) is 0 Å². The molecule has 2 unspecified atom stereocenters. The molecule has 104 valence electrons. The summed E-state index contributed by atoms with van der Waals surface area (Å²) in [5.41, 5.74) is 1.08. The molecule has 0 saturated heterocycles. The Hall–Kier alpha value is -1.06. The molecule has 3 nitrogen and oxygen atoms in total. The summed E-state index contributed by atoms with van der Waals surface area (Å²) in [6.07, 6.45) is 5.68. The fraction of sp³-hybridized carbons (Fsp3) is 0.625. The van der Waals surface area contributed by atoms with Crippen LogP contribution in [0.25, 0.3) is 0 Å². The highest BCUT2D eigenvalue weighted by Crippen LogP contribution is 2.36. The zero-order valence-corrected chi connectivity index (χ0v) is 11.6. The van der Waals surface area contributed by atoms with Crippen molar-refractivity contribution in [1.82, 2.24) is 5.32 Å². The van der Waals surface area contributed by atoms with Crippen LogP contribution in [-0.4, -0.2) is 29.4 Å². The Morgan fingerprint density at radius 2 is 2.11 bits per heavy atom. The second-order valence-corrected chi connectivity index (χ2v) is 6.11. The van der Waals surface area contributed by atoms with Crippen LogP contribution < -0.4 is 10.1 Å². The number of para-hydroxylation sites is 1. The van der Waals surface area contributed by atoms with E-state index in [0.29, 0.717) is 6.04 Å².